The van der Waals surface area contributed by atoms with Gasteiger partial charge in [0.15, 0.2) is 0 Å². The molecule has 1 aromatic heterocycles. The highest BCUT2D eigenvalue weighted by atomic mass is 19.1. The van der Waals surface area contributed by atoms with Crippen molar-refractivity contribution in [1.29, 1.82) is 0 Å². The van der Waals surface area contributed by atoms with Crippen LogP contribution in [-0.4, -0.2) is 23.3 Å². The molecule has 0 unspecified atom stereocenters. The zero-order chi connectivity index (χ0) is 15.4. The Morgan fingerprint density at radius 1 is 1.09 bits per heavy atom. The zero-order valence-electron chi connectivity index (χ0n) is 12.3. The van der Waals surface area contributed by atoms with Gasteiger partial charge >= 0.3 is 0 Å². The first kappa shape index (κ1) is 14.5. The fourth-order valence-corrected chi connectivity index (χ4v) is 2.30. The van der Waals surface area contributed by atoms with Crippen LogP contribution in [0.2, 0.25) is 0 Å². The Hall–Kier alpha value is -2.40. The van der Waals surface area contributed by atoms with Crippen LogP contribution >= 0.6 is 0 Å². The zero-order valence-corrected chi connectivity index (χ0v) is 12.3. The summed E-state index contributed by atoms with van der Waals surface area (Å²) in [5.74, 6) is 1.03. The van der Waals surface area contributed by atoms with Gasteiger partial charge in [0, 0.05) is 26.3 Å². The van der Waals surface area contributed by atoms with Crippen molar-refractivity contribution >= 4 is 11.0 Å². The molecule has 0 amide bonds. The number of nitrogens with zero attached hydrogens (tertiary/aromatic N) is 2. The van der Waals surface area contributed by atoms with Gasteiger partial charge in [0.2, 0.25) is 0 Å². The van der Waals surface area contributed by atoms with Crippen LogP contribution in [0.5, 0.6) is 11.5 Å². The van der Waals surface area contributed by atoms with E-state index in [0.717, 1.165) is 24.0 Å². The summed E-state index contributed by atoms with van der Waals surface area (Å²) in [6.07, 6.45) is 2.74. The van der Waals surface area contributed by atoms with Gasteiger partial charge in [-0.1, -0.05) is 0 Å². The minimum absolute atomic E-state index is 0.279. The second-order valence-electron chi connectivity index (χ2n) is 4.99. The van der Waals surface area contributed by atoms with E-state index in [1.165, 1.54) is 12.1 Å². The fraction of sp³-hybridized carbons (Fsp3) is 0.235. The van der Waals surface area contributed by atoms with Crippen LogP contribution in [0.1, 0.15) is 6.42 Å². The molecular formula is C17H17FN2O2. The predicted molar refractivity (Wildman–Crippen MR) is 82.7 cm³/mol. The predicted octanol–water partition coefficient (Wildman–Crippen LogP) is 4.00. The first-order chi connectivity index (χ1) is 10.8. The van der Waals surface area contributed by atoms with Crippen molar-refractivity contribution in [1.82, 2.24) is 9.55 Å². The van der Waals surface area contributed by atoms with E-state index < -0.39 is 0 Å². The summed E-state index contributed by atoms with van der Waals surface area (Å²) in [6, 6.07) is 11.7. The molecule has 0 spiro atoms. The minimum Gasteiger partial charge on any atom is -0.457 e. The number of hydrogen-bond acceptors (Lipinski definition) is 3. The lowest BCUT2D eigenvalue weighted by molar-refractivity contribution is 0.190. The summed E-state index contributed by atoms with van der Waals surface area (Å²) in [6.45, 7) is 1.55. The molecule has 4 nitrogen and oxygen atoms in total. The first-order valence-electron chi connectivity index (χ1n) is 7.13. The Labute approximate surface area is 128 Å². The molecule has 114 valence electrons. The van der Waals surface area contributed by atoms with Crippen LogP contribution in [0.25, 0.3) is 11.0 Å². The lowest BCUT2D eigenvalue weighted by Gasteiger charge is -2.07. The Morgan fingerprint density at radius 2 is 1.86 bits per heavy atom. The number of ether oxygens (including phenoxy) is 2. The van der Waals surface area contributed by atoms with Crippen LogP contribution in [-0.2, 0) is 11.3 Å². The third-order valence-corrected chi connectivity index (χ3v) is 3.39. The lowest BCUT2D eigenvalue weighted by Crippen LogP contribution is -2.00. The van der Waals surface area contributed by atoms with Gasteiger partial charge in [0.25, 0.3) is 0 Å². The monoisotopic (exact) mass is 300 g/mol. The van der Waals surface area contributed by atoms with Crippen LogP contribution in [0, 0.1) is 5.82 Å². The Bertz CT molecular complexity index is 753. The van der Waals surface area contributed by atoms with Gasteiger partial charge in [-0.15, -0.1) is 0 Å². The molecule has 0 atom stereocenters. The largest absolute Gasteiger partial charge is 0.457 e. The van der Waals surface area contributed by atoms with E-state index in [4.69, 9.17) is 9.47 Å². The quantitative estimate of drug-likeness (QED) is 0.645. The highest BCUT2D eigenvalue weighted by molar-refractivity contribution is 5.77. The highest BCUT2D eigenvalue weighted by Crippen LogP contribution is 2.25. The smallest absolute Gasteiger partial charge is 0.129 e. The SMILES string of the molecule is COCCCn1cnc2ccc(Oc3ccc(F)cc3)cc21. The van der Waals surface area contributed by atoms with Crippen LogP contribution < -0.4 is 4.74 Å². The number of aromatic nitrogens is 2. The maximum absolute atomic E-state index is 12.9. The molecule has 1 heterocycles. The number of rotatable bonds is 6. The van der Waals surface area contributed by atoms with E-state index in [1.54, 1.807) is 19.2 Å². The van der Waals surface area contributed by atoms with Crippen molar-refractivity contribution in [2.75, 3.05) is 13.7 Å². The summed E-state index contributed by atoms with van der Waals surface area (Å²) in [5, 5.41) is 0. The molecule has 0 saturated carbocycles. The molecule has 0 fully saturated rings. The molecular weight excluding hydrogens is 283 g/mol. The van der Waals surface area contributed by atoms with Gasteiger partial charge in [-0.25, -0.2) is 9.37 Å². The number of halogens is 1. The van der Waals surface area contributed by atoms with Gasteiger partial charge in [0.05, 0.1) is 17.4 Å². The lowest BCUT2D eigenvalue weighted by atomic mass is 10.3. The summed E-state index contributed by atoms with van der Waals surface area (Å²) < 4.78 is 25.8. The van der Waals surface area contributed by atoms with Gasteiger partial charge in [-0.05, 0) is 42.8 Å². The summed E-state index contributed by atoms with van der Waals surface area (Å²) >= 11 is 0. The summed E-state index contributed by atoms with van der Waals surface area (Å²) in [5.41, 5.74) is 1.93. The van der Waals surface area contributed by atoms with E-state index in [9.17, 15) is 4.39 Å². The van der Waals surface area contributed by atoms with Crippen molar-refractivity contribution in [3.05, 3.63) is 54.6 Å². The van der Waals surface area contributed by atoms with Gasteiger partial charge < -0.3 is 14.0 Å². The number of aryl methyl sites for hydroxylation is 1. The molecule has 0 radical (unpaired) electrons. The summed E-state index contributed by atoms with van der Waals surface area (Å²) in [7, 11) is 1.70. The third-order valence-electron chi connectivity index (χ3n) is 3.39. The van der Waals surface area contributed by atoms with Gasteiger partial charge in [-0.3, -0.25) is 0 Å². The van der Waals surface area contributed by atoms with E-state index in [2.05, 4.69) is 9.55 Å². The van der Waals surface area contributed by atoms with E-state index in [1.807, 2.05) is 24.5 Å². The first-order valence-corrected chi connectivity index (χ1v) is 7.13. The van der Waals surface area contributed by atoms with Crippen molar-refractivity contribution in [3.8, 4) is 11.5 Å². The molecule has 0 N–H and O–H groups in total. The number of benzene rings is 2. The van der Waals surface area contributed by atoms with Crippen LogP contribution in [0.15, 0.2) is 48.8 Å². The van der Waals surface area contributed by atoms with E-state index >= 15 is 0 Å². The number of methoxy groups -OCH3 is 1. The average Bonchev–Trinajstić information content (AvgIpc) is 2.93. The Morgan fingerprint density at radius 3 is 2.64 bits per heavy atom. The van der Waals surface area contributed by atoms with Crippen molar-refractivity contribution < 1.29 is 13.9 Å². The van der Waals surface area contributed by atoms with Crippen molar-refractivity contribution in [3.63, 3.8) is 0 Å². The normalized spacial score (nSPS) is 11.0. The van der Waals surface area contributed by atoms with Crippen molar-refractivity contribution in [2.24, 2.45) is 0 Å². The molecule has 0 saturated heterocycles. The van der Waals surface area contributed by atoms with Crippen LogP contribution in [0.4, 0.5) is 4.39 Å². The van der Waals surface area contributed by atoms with Gasteiger partial charge in [-0.2, -0.15) is 0 Å². The second kappa shape index (κ2) is 6.58. The molecule has 2 aromatic carbocycles. The third kappa shape index (κ3) is 3.26. The number of imidazole rings is 1. The maximum atomic E-state index is 12.9. The van der Waals surface area contributed by atoms with Crippen molar-refractivity contribution in [2.45, 2.75) is 13.0 Å². The molecule has 0 bridgehead atoms. The average molecular weight is 300 g/mol. The molecule has 3 rings (SSSR count). The minimum atomic E-state index is -0.279. The number of fused-ring (bicyclic) bond motifs is 1. The molecule has 22 heavy (non-hydrogen) atoms. The molecule has 0 aliphatic rings. The standard InChI is InChI=1S/C17H17FN2O2/c1-21-10-2-9-20-12-19-16-8-7-15(11-17(16)20)22-14-5-3-13(18)4-6-14/h3-8,11-12H,2,9-10H2,1H3. The van der Waals surface area contributed by atoms with Gasteiger partial charge in [0.1, 0.15) is 17.3 Å². The maximum Gasteiger partial charge on any atom is 0.129 e. The Kier molecular flexibility index (Phi) is 4.34. The molecule has 5 heteroatoms. The van der Waals surface area contributed by atoms with E-state index in [-0.39, 0.29) is 5.82 Å². The summed E-state index contributed by atoms with van der Waals surface area (Å²) in [4.78, 5) is 4.37. The molecule has 0 aliphatic heterocycles. The highest BCUT2D eigenvalue weighted by Gasteiger charge is 2.05. The number of hydrogen-bond donors (Lipinski definition) is 0. The molecule has 3 aromatic rings. The molecule has 0 aliphatic carbocycles. The van der Waals surface area contributed by atoms with Crippen LogP contribution in [0.3, 0.4) is 0 Å². The Balaban J connectivity index is 1.81. The second-order valence-corrected chi connectivity index (χ2v) is 4.99. The fourth-order valence-electron chi connectivity index (χ4n) is 2.30. The van der Waals surface area contributed by atoms with E-state index in [0.29, 0.717) is 18.1 Å². The topological polar surface area (TPSA) is 36.3 Å².